The minimum absolute atomic E-state index is 0.151. The number of nitrogens with one attached hydrogen (secondary N) is 1. The molecule has 0 saturated heterocycles. The van der Waals surface area contributed by atoms with Crippen LogP contribution in [0, 0.1) is 5.41 Å². The molecule has 16 heavy (non-hydrogen) atoms. The molecule has 0 spiro atoms. The number of amides is 1. The van der Waals surface area contributed by atoms with E-state index in [-0.39, 0.29) is 11.3 Å². The average molecular weight is 230 g/mol. The van der Waals surface area contributed by atoms with Crippen molar-refractivity contribution in [2.24, 2.45) is 11.3 Å². The van der Waals surface area contributed by atoms with Crippen LogP contribution >= 0.6 is 0 Å². The van der Waals surface area contributed by atoms with Crippen LogP contribution in [0.2, 0.25) is 0 Å². The van der Waals surface area contributed by atoms with Crippen LogP contribution in [-0.2, 0) is 9.63 Å². The summed E-state index contributed by atoms with van der Waals surface area (Å²) in [4.78, 5) is 15.8. The highest BCUT2D eigenvalue weighted by Crippen LogP contribution is 2.16. The third-order valence-electron chi connectivity index (χ3n) is 2.36. The van der Waals surface area contributed by atoms with Crippen molar-refractivity contribution < 1.29 is 9.63 Å². The quantitative estimate of drug-likeness (QED) is 0.495. The molecular weight excluding hydrogens is 204 g/mol. The second kappa shape index (κ2) is 8.53. The van der Waals surface area contributed by atoms with Gasteiger partial charge in [0.1, 0.15) is 0 Å². The minimum atomic E-state index is 0.151. The zero-order valence-corrected chi connectivity index (χ0v) is 10.8. The molecule has 4 nitrogen and oxygen atoms in total. The Morgan fingerprint density at radius 3 is 2.50 bits per heavy atom. The molecule has 0 rings (SSSR count). The largest absolute Gasteiger partial charge is 0.356 e. The summed E-state index contributed by atoms with van der Waals surface area (Å²) in [5.41, 5.74) is 0.283. The number of hydrogen-bond donors (Lipinski definition) is 2. The van der Waals surface area contributed by atoms with E-state index < -0.39 is 0 Å². The molecule has 0 radical (unpaired) electrons. The molecule has 0 aromatic carbocycles. The first-order chi connectivity index (χ1) is 7.45. The van der Waals surface area contributed by atoms with Gasteiger partial charge in [-0.2, -0.15) is 0 Å². The molecule has 0 aromatic heterocycles. The van der Waals surface area contributed by atoms with Crippen LogP contribution in [0.1, 0.15) is 52.9 Å². The minimum Gasteiger partial charge on any atom is -0.356 e. The summed E-state index contributed by atoms with van der Waals surface area (Å²) in [5.74, 6) is 5.05. The fraction of sp³-hybridized carbons (Fsp3) is 0.917. The van der Waals surface area contributed by atoms with Gasteiger partial charge in [0.2, 0.25) is 5.91 Å². The molecule has 0 fully saturated rings. The SMILES string of the molecule is CC(C)(C)CCNC(=O)CCCCCON. The Labute approximate surface area is 98.9 Å². The van der Waals surface area contributed by atoms with Crippen LogP contribution in [0.3, 0.4) is 0 Å². The van der Waals surface area contributed by atoms with Gasteiger partial charge in [-0.1, -0.05) is 27.2 Å². The first-order valence-corrected chi connectivity index (χ1v) is 6.04. The van der Waals surface area contributed by atoms with Crippen LogP contribution < -0.4 is 11.2 Å². The average Bonchev–Trinajstić information content (AvgIpc) is 2.15. The molecule has 4 heteroatoms. The summed E-state index contributed by atoms with van der Waals surface area (Å²) in [6.07, 6.45) is 4.44. The summed E-state index contributed by atoms with van der Waals surface area (Å²) in [6.45, 7) is 7.86. The lowest BCUT2D eigenvalue weighted by atomic mass is 9.92. The maximum absolute atomic E-state index is 11.4. The van der Waals surface area contributed by atoms with Gasteiger partial charge >= 0.3 is 0 Å². The number of rotatable bonds is 8. The first kappa shape index (κ1) is 15.4. The van der Waals surface area contributed by atoms with E-state index >= 15 is 0 Å². The van der Waals surface area contributed by atoms with E-state index in [4.69, 9.17) is 5.90 Å². The van der Waals surface area contributed by atoms with Gasteiger partial charge in [-0.25, -0.2) is 5.90 Å². The third kappa shape index (κ3) is 11.5. The Hall–Kier alpha value is -0.610. The topological polar surface area (TPSA) is 64.3 Å². The van der Waals surface area contributed by atoms with Gasteiger partial charge in [0.05, 0.1) is 6.61 Å². The lowest BCUT2D eigenvalue weighted by molar-refractivity contribution is -0.121. The maximum atomic E-state index is 11.4. The van der Waals surface area contributed by atoms with Gasteiger partial charge in [-0.15, -0.1) is 0 Å². The molecule has 96 valence electrons. The number of nitrogens with two attached hydrogens (primary N) is 1. The predicted molar refractivity (Wildman–Crippen MR) is 65.7 cm³/mol. The number of carbonyl (C=O) groups is 1. The summed E-state index contributed by atoms with van der Waals surface area (Å²) in [5, 5.41) is 2.94. The molecule has 0 aromatic rings. The van der Waals surface area contributed by atoms with Gasteiger partial charge in [0.15, 0.2) is 0 Å². The second-order valence-electron chi connectivity index (χ2n) is 5.34. The standard InChI is InChI=1S/C12H26N2O2/c1-12(2,3)8-9-14-11(15)7-5-4-6-10-16-13/h4-10,13H2,1-3H3,(H,14,15). The van der Waals surface area contributed by atoms with Crippen molar-refractivity contribution in [2.75, 3.05) is 13.2 Å². The molecule has 0 aliphatic carbocycles. The molecule has 0 bridgehead atoms. The Bertz CT molecular complexity index is 188. The van der Waals surface area contributed by atoms with Crippen molar-refractivity contribution in [1.29, 1.82) is 0 Å². The third-order valence-corrected chi connectivity index (χ3v) is 2.36. The number of hydrogen-bond acceptors (Lipinski definition) is 3. The Morgan fingerprint density at radius 1 is 1.25 bits per heavy atom. The summed E-state index contributed by atoms with van der Waals surface area (Å²) in [7, 11) is 0. The summed E-state index contributed by atoms with van der Waals surface area (Å²) < 4.78 is 0. The Balaban J connectivity index is 3.32. The normalized spacial score (nSPS) is 11.5. The zero-order valence-electron chi connectivity index (χ0n) is 10.8. The van der Waals surface area contributed by atoms with E-state index in [9.17, 15) is 4.79 Å². The van der Waals surface area contributed by atoms with Gasteiger partial charge in [0.25, 0.3) is 0 Å². The van der Waals surface area contributed by atoms with Crippen LogP contribution in [0.15, 0.2) is 0 Å². The highest BCUT2D eigenvalue weighted by Gasteiger charge is 2.10. The molecule has 1 amide bonds. The van der Waals surface area contributed by atoms with Crippen molar-refractivity contribution in [3.63, 3.8) is 0 Å². The van der Waals surface area contributed by atoms with Crippen molar-refractivity contribution in [3.8, 4) is 0 Å². The smallest absolute Gasteiger partial charge is 0.219 e. The fourth-order valence-corrected chi connectivity index (χ4v) is 1.31. The van der Waals surface area contributed by atoms with E-state index in [1.165, 1.54) is 0 Å². The molecule has 0 saturated carbocycles. The second-order valence-corrected chi connectivity index (χ2v) is 5.34. The van der Waals surface area contributed by atoms with Crippen LogP contribution in [-0.4, -0.2) is 19.1 Å². The summed E-state index contributed by atoms with van der Waals surface area (Å²) in [6, 6.07) is 0. The number of unbranched alkanes of at least 4 members (excludes halogenated alkanes) is 2. The van der Waals surface area contributed by atoms with Gasteiger partial charge < -0.3 is 10.2 Å². The Morgan fingerprint density at radius 2 is 1.94 bits per heavy atom. The first-order valence-electron chi connectivity index (χ1n) is 6.04. The number of carbonyl (C=O) groups excluding carboxylic acids is 1. The fourth-order valence-electron chi connectivity index (χ4n) is 1.31. The van der Waals surface area contributed by atoms with Crippen molar-refractivity contribution in [1.82, 2.24) is 5.32 Å². The van der Waals surface area contributed by atoms with Crippen LogP contribution in [0.25, 0.3) is 0 Å². The monoisotopic (exact) mass is 230 g/mol. The van der Waals surface area contributed by atoms with E-state index in [0.717, 1.165) is 32.2 Å². The lowest BCUT2D eigenvalue weighted by Crippen LogP contribution is -2.26. The zero-order chi connectivity index (χ0) is 12.4. The summed E-state index contributed by atoms with van der Waals surface area (Å²) >= 11 is 0. The van der Waals surface area contributed by atoms with Crippen molar-refractivity contribution >= 4 is 5.91 Å². The van der Waals surface area contributed by atoms with E-state index in [0.29, 0.717) is 13.0 Å². The van der Waals surface area contributed by atoms with Gasteiger partial charge in [0, 0.05) is 13.0 Å². The molecule has 0 atom stereocenters. The van der Waals surface area contributed by atoms with Crippen molar-refractivity contribution in [2.45, 2.75) is 52.9 Å². The van der Waals surface area contributed by atoms with E-state index in [1.807, 2.05) is 0 Å². The lowest BCUT2D eigenvalue weighted by Gasteiger charge is -2.17. The highest BCUT2D eigenvalue weighted by molar-refractivity contribution is 5.75. The van der Waals surface area contributed by atoms with Crippen LogP contribution in [0.5, 0.6) is 0 Å². The van der Waals surface area contributed by atoms with Crippen molar-refractivity contribution in [3.05, 3.63) is 0 Å². The molecule has 0 aliphatic heterocycles. The Kier molecular flexibility index (Phi) is 8.21. The molecule has 3 N–H and O–H groups in total. The maximum Gasteiger partial charge on any atom is 0.219 e. The highest BCUT2D eigenvalue weighted by atomic mass is 16.6. The van der Waals surface area contributed by atoms with E-state index in [2.05, 4.69) is 30.9 Å². The molecule has 0 aliphatic rings. The molecule has 0 unspecified atom stereocenters. The van der Waals surface area contributed by atoms with Gasteiger partial charge in [-0.05, 0) is 24.7 Å². The van der Waals surface area contributed by atoms with E-state index in [1.54, 1.807) is 0 Å². The molecular formula is C12H26N2O2. The predicted octanol–water partition coefficient (Wildman–Crippen LogP) is 1.99. The molecule has 0 heterocycles. The van der Waals surface area contributed by atoms with Gasteiger partial charge in [-0.3, -0.25) is 4.79 Å². The van der Waals surface area contributed by atoms with Crippen LogP contribution in [0.4, 0.5) is 0 Å².